The van der Waals surface area contributed by atoms with Crippen molar-refractivity contribution >= 4 is 17.5 Å². The Labute approximate surface area is 205 Å². The number of aliphatic hydroxyl groups excluding tert-OH is 1. The van der Waals surface area contributed by atoms with E-state index >= 15 is 0 Å². The first-order valence-electron chi connectivity index (χ1n) is 11.4. The van der Waals surface area contributed by atoms with E-state index in [1.54, 1.807) is 37.3 Å². The van der Waals surface area contributed by atoms with Crippen molar-refractivity contribution in [2.45, 2.75) is 55.8 Å². The van der Waals surface area contributed by atoms with E-state index in [1.165, 1.54) is 6.07 Å². The van der Waals surface area contributed by atoms with Gasteiger partial charge in [-0.3, -0.25) is 4.79 Å². The third kappa shape index (κ3) is 3.83. The fourth-order valence-corrected chi connectivity index (χ4v) is 5.62. The number of amides is 1. The van der Waals surface area contributed by atoms with Crippen molar-refractivity contribution in [1.82, 2.24) is 15.5 Å². The number of rotatable bonds is 6. The molecule has 0 unspecified atom stereocenters. The van der Waals surface area contributed by atoms with Gasteiger partial charge in [0.05, 0.1) is 11.5 Å². The van der Waals surface area contributed by atoms with Crippen LogP contribution in [0.1, 0.15) is 60.8 Å². The summed E-state index contributed by atoms with van der Waals surface area (Å²) < 4.78 is 31.0. The van der Waals surface area contributed by atoms with Crippen LogP contribution in [0, 0.1) is 12.7 Å². The van der Waals surface area contributed by atoms with Crippen LogP contribution in [0.5, 0.6) is 11.5 Å². The Morgan fingerprint density at radius 1 is 1.26 bits per heavy atom. The molecular formula is C25H23ClFN3O5. The quantitative estimate of drug-likeness (QED) is 0.526. The lowest BCUT2D eigenvalue weighted by atomic mass is 9.39. The molecule has 7 rings (SSSR count). The van der Waals surface area contributed by atoms with Crippen LogP contribution in [0.2, 0.25) is 5.02 Å². The molecule has 3 aliphatic carbocycles. The largest absolute Gasteiger partial charge is 0.484 e. The minimum Gasteiger partial charge on any atom is -0.484 e. The van der Waals surface area contributed by atoms with Gasteiger partial charge in [0, 0.05) is 28.6 Å². The molecule has 0 radical (unpaired) electrons. The molecule has 0 spiro atoms. The van der Waals surface area contributed by atoms with Crippen LogP contribution in [0.4, 0.5) is 4.39 Å². The smallest absolute Gasteiger partial charge is 0.258 e. The van der Waals surface area contributed by atoms with E-state index in [2.05, 4.69) is 15.5 Å². The molecule has 1 aliphatic heterocycles. The highest BCUT2D eigenvalue weighted by atomic mass is 35.5. The van der Waals surface area contributed by atoms with Crippen LogP contribution in [-0.4, -0.2) is 33.4 Å². The van der Waals surface area contributed by atoms with Gasteiger partial charge in [0.15, 0.2) is 12.7 Å². The summed E-state index contributed by atoms with van der Waals surface area (Å²) in [5.74, 6) is 1.08. The summed E-state index contributed by atoms with van der Waals surface area (Å²) in [4.78, 5) is 12.4. The molecule has 2 N–H and O–H groups in total. The summed E-state index contributed by atoms with van der Waals surface area (Å²) in [6, 6.07) is 9.63. The Balaban J connectivity index is 1.05. The van der Waals surface area contributed by atoms with E-state index in [0.29, 0.717) is 58.7 Å². The predicted octanol–water partition coefficient (Wildman–Crippen LogP) is 4.10. The number of carbonyl (C=O) groups excluding carboxylic acids is 1. The van der Waals surface area contributed by atoms with Crippen molar-refractivity contribution in [3.05, 3.63) is 70.1 Å². The highest BCUT2D eigenvalue weighted by Crippen LogP contribution is 2.67. The standard InChI is InChI=1S/C25H23ClFN3O5/c1-13-2-4-15(7-17(13)27)33-9-21(32)28-25-10-24(11-25,12-25)23-30-29-22(35-23)20-8-18(31)16-6-14(26)3-5-19(16)34-20/h2-7,18,20,31H,8-12H2,1H3,(H,28,32)/t18-,20-,24?,25?/m1/s1. The summed E-state index contributed by atoms with van der Waals surface area (Å²) in [6.45, 7) is 1.48. The Morgan fingerprint density at radius 2 is 2.06 bits per heavy atom. The lowest BCUT2D eigenvalue weighted by Crippen LogP contribution is -2.77. The minimum absolute atomic E-state index is 0.185. The van der Waals surface area contributed by atoms with Crippen molar-refractivity contribution in [2.75, 3.05) is 6.61 Å². The van der Waals surface area contributed by atoms with Crippen LogP contribution in [-0.2, 0) is 10.2 Å². The first-order chi connectivity index (χ1) is 16.7. The fourth-order valence-electron chi connectivity index (χ4n) is 5.44. The second-order valence-corrected chi connectivity index (χ2v) is 10.3. The van der Waals surface area contributed by atoms with Crippen LogP contribution in [0.25, 0.3) is 0 Å². The molecule has 4 aliphatic rings. The Bertz CT molecular complexity index is 1310. The number of nitrogens with one attached hydrogen (secondary N) is 1. The van der Waals surface area contributed by atoms with Crippen LogP contribution in [0.15, 0.2) is 40.8 Å². The molecule has 182 valence electrons. The maximum absolute atomic E-state index is 13.6. The molecule has 2 atom stereocenters. The van der Waals surface area contributed by atoms with Gasteiger partial charge in [0.25, 0.3) is 11.8 Å². The van der Waals surface area contributed by atoms with Crippen molar-refractivity contribution < 1.29 is 28.2 Å². The molecule has 35 heavy (non-hydrogen) atoms. The van der Waals surface area contributed by atoms with E-state index in [-0.39, 0.29) is 35.7 Å². The molecular weight excluding hydrogens is 477 g/mol. The molecule has 1 aromatic heterocycles. The van der Waals surface area contributed by atoms with Crippen molar-refractivity contribution in [1.29, 1.82) is 0 Å². The van der Waals surface area contributed by atoms with Gasteiger partial charge in [-0.15, -0.1) is 10.2 Å². The van der Waals surface area contributed by atoms with Gasteiger partial charge in [-0.05, 0) is 56.0 Å². The van der Waals surface area contributed by atoms with E-state index in [0.717, 1.165) is 0 Å². The number of hydrogen-bond donors (Lipinski definition) is 2. The minimum atomic E-state index is -0.746. The normalized spacial score (nSPS) is 28.2. The maximum atomic E-state index is 13.6. The van der Waals surface area contributed by atoms with E-state index in [4.69, 9.17) is 25.5 Å². The first kappa shape index (κ1) is 22.3. The van der Waals surface area contributed by atoms with Crippen molar-refractivity contribution in [3.63, 3.8) is 0 Å². The Kier molecular flexibility index (Phi) is 5.05. The number of aliphatic hydroxyl groups is 1. The third-order valence-corrected chi connectivity index (χ3v) is 7.39. The molecule has 1 amide bonds. The third-order valence-electron chi connectivity index (χ3n) is 7.16. The van der Waals surface area contributed by atoms with E-state index in [1.807, 2.05) is 0 Å². The second kappa shape index (κ2) is 7.93. The lowest BCUT2D eigenvalue weighted by molar-refractivity contribution is -0.143. The lowest BCUT2D eigenvalue weighted by Gasteiger charge is -2.68. The van der Waals surface area contributed by atoms with Gasteiger partial charge in [0.2, 0.25) is 5.89 Å². The molecule has 3 fully saturated rings. The van der Waals surface area contributed by atoms with Crippen LogP contribution < -0.4 is 14.8 Å². The molecule has 2 heterocycles. The van der Waals surface area contributed by atoms with Gasteiger partial charge < -0.3 is 24.3 Å². The van der Waals surface area contributed by atoms with Crippen LogP contribution in [0.3, 0.4) is 0 Å². The number of nitrogens with zero attached hydrogens (tertiary/aromatic N) is 2. The van der Waals surface area contributed by atoms with Crippen LogP contribution >= 0.6 is 11.6 Å². The highest BCUT2D eigenvalue weighted by Gasteiger charge is 2.71. The van der Waals surface area contributed by atoms with Crippen molar-refractivity contribution in [3.8, 4) is 11.5 Å². The zero-order valence-electron chi connectivity index (χ0n) is 18.9. The molecule has 0 saturated heterocycles. The number of hydrogen-bond acceptors (Lipinski definition) is 7. The Hall–Kier alpha value is -3.17. The zero-order valence-corrected chi connectivity index (χ0v) is 19.6. The molecule has 3 aromatic rings. The molecule has 3 saturated carbocycles. The Morgan fingerprint density at radius 3 is 2.83 bits per heavy atom. The number of fused-ring (bicyclic) bond motifs is 1. The summed E-state index contributed by atoms with van der Waals surface area (Å²) in [6.07, 6.45) is 1.08. The fraction of sp³-hybridized carbons (Fsp3) is 0.400. The second-order valence-electron chi connectivity index (χ2n) is 9.82. The number of aromatic nitrogens is 2. The van der Waals surface area contributed by atoms with Gasteiger partial charge >= 0.3 is 0 Å². The average molecular weight is 500 g/mol. The number of carbonyl (C=O) groups is 1. The topological polar surface area (TPSA) is 107 Å². The number of aryl methyl sites for hydroxylation is 1. The zero-order chi connectivity index (χ0) is 24.4. The van der Waals surface area contributed by atoms with Gasteiger partial charge in [-0.25, -0.2) is 4.39 Å². The van der Waals surface area contributed by atoms with E-state index < -0.39 is 12.2 Å². The average Bonchev–Trinajstić information content (AvgIpc) is 3.26. The molecule has 8 nitrogen and oxygen atoms in total. The molecule has 2 aromatic carbocycles. The van der Waals surface area contributed by atoms with E-state index in [9.17, 15) is 14.3 Å². The first-order valence-corrected chi connectivity index (χ1v) is 11.8. The number of halogens is 2. The summed E-state index contributed by atoms with van der Waals surface area (Å²) in [7, 11) is 0. The van der Waals surface area contributed by atoms with Gasteiger partial charge in [-0.2, -0.15) is 0 Å². The highest BCUT2D eigenvalue weighted by molar-refractivity contribution is 6.30. The van der Waals surface area contributed by atoms with Gasteiger partial charge in [-0.1, -0.05) is 17.7 Å². The number of benzene rings is 2. The maximum Gasteiger partial charge on any atom is 0.258 e. The predicted molar refractivity (Wildman–Crippen MR) is 122 cm³/mol. The van der Waals surface area contributed by atoms with Gasteiger partial charge in [0.1, 0.15) is 17.3 Å². The molecule has 10 heteroatoms. The summed E-state index contributed by atoms with van der Waals surface area (Å²) in [5, 5.41) is 22.5. The number of ether oxygens (including phenoxy) is 2. The summed E-state index contributed by atoms with van der Waals surface area (Å²) >= 11 is 6.02. The summed E-state index contributed by atoms with van der Waals surface area (Å²) in [5.41, 5.74) is 0.606. The SMILES string of the molecule is Cc1ccc(OCC(=O)NC23CC(c4nnc([C@H]5C[C@@H](O)c6cc(Cl)ccc6O5)o4)(C2)C3)cc1F. The monoisotopic (exact) mass is 499 g/mol. The molecule has 2 bridgehead atoms. The van der Waals surface area contributed by atoms with Crippen molar-refractivity contribution in [2.24, 2.45) is 0 Å².